The maximum atomic E-state index is 5.73. The minimum Gasteiger partial charge on any atom is -0.476 e. The van der Waals surface area contributed by atoms with E-state index in [9.17, 15) is 0 Å². The fraction of sp³-hybridized carbons (Fsp3) is 0.438. The number of likely N-dealkylation sites (tertiary alicyclic amines) is 1. The Morgan fingerprint density at radius 1 is 1.14 bits per heavy atom. The van der Waals surface area contributed by atoms with E-state index < -0.39 is 0 Å². The Balaban J connectivity index is 1.49. The smallest absolute Gasteiger partial charge is 0.232 e. The second-order valence-electron chi connectivity index (χ2n) is 5.45. The van der Waals surface area contributed by atoms with Gasteiger partial charge >= 0.3 is 0 Å². The van der Waals surface area contributed by atoms with Crippen LogP contribution in [0.15, 0.2) is 43.1 Å². The van der Waals surface area contributed by atoms with Crippen LogP contribution in [0.25, 0.3) is 0 Å². The van der Waals surface area contributed by atoms with Crippen LogP contribution in [-0.4, -0.2) is 39.5 Å². The zero-order valence-corrected chi connectivity index (χ0v) is 12.1. The minimum absolute atomic E-state index is 0.558. The molecule has 0 aromatic carbocycles. The number of ether oxygens (including phenoxy) is 1. The van der Waals surface area contributed by atoms with Gasteiger partial charge in [0, 0.05) is 43.8 Å². The lowest BCUT2D eigenvalue weighted by Gasteiger charge is -2.32. The molecule has 21 heavy (non-hydrogen) atoms. The van der Waals surface area contributed by atoms with Crippen LogP contribution in [0.4, 0.5) is 0 Å². The third kappa shape index (κ3) is 4.23. The Morgan fingerprint density at radius 2 is 2.05 bits per heavy atom. The van der Waals surface area contributed by atoms with E-state index in [2.05, 4.69) is 32.0 Å². The average Bonchev–Trinajstić information content (AvgIpc) is 2.55. The molecule has 5 nitrogen and oxygen atoms in total. The predicted molar refractivity (Wildman–Crippen MR) is 79.8 cm³/mol. The zero-order valence-electron chi connectivity index (χ0n) is 12.1. The maximum Gasteiger partial charge on any atom is 0.232 e. The third-order valence-corrected chi connectivity index (χ3v) is 3.77. The summed E-state index contributed by atoms with van der Waals surface area (Å²) in [4.78, 5) is 14.7. The van der Waals surface area contributed by atoms with E-state index in [1.165, 1.54) is 18.4 Å². The van der Waals surface area contributed by atoms with Gasteiger partial charge in [-0.05, 0) is 37.1 Å². The molecule has 0 saturated carbocycles. The molecule has 0 amide bonds. The van der Waals surface area contributed by atoms with Crippen molar-refractivity contribution < 1.29 is 4.74 Å². The number of pyridine rings is 1. The molecule has 1 atom stereocenters. The molecule has 1 aliphatic rings. The lowest BCUT2D eigenvalue weighted by molar-refractivity contribution is 0.123. The molecule has 0 spiro atoms. The van der Waals surface area contributed by atoms with E-state index in [0.717, 1.165) is 19.6 Å². The molecule has 2 aromatic rings. The molecule has 1 saturated heterocycles. The summed E-state index contributed by atoms with van der Waals surface area (Å²) in [5, 5.41) is 0. The molecular formula is C16H20N4O. The highest BCUT2D eigenvalue weighted by molar-refractivity contribution is 5.09. The van der Waals surface area contributed by atoms with Crippen molar-refractivity contribution in [3.8, 4) is 5.88 Å². The fourth-order valence-electron chi connectivity index (χ4n) is 2.74. The van der Waals surface area contributed by atoms with Gasteiger partial charge < -0.3 is 4.74 Å². The Kier molecular flexibility index (Phi) is 4.74. The standard InChI is InChI=1S/C16H20N4O/c1-2-15(13-21-16-10-18-7-8-19-16)12-20(9-1)11-14-3-5-17-6-4-14/h3-8,10,15H,1-2,9,11-13H2. The highest BCUT2D eigenvalue weighted by Crippen LogP contribution is 2.19. The first-order valence-electron chi connectivity index (χ1n) is 7.40. The molecular weight excluding hydrogens is 264 g/mol. The summed E-state index contributed by atoms with van der Waals surface area (Å²) in [7, 11) is 0. The second-order valence-corrected chi connectivity index (χ2v) is 5.45. The Hall–Kier alpha value is -2.01. The zero-order chi connectivity index (χ0) is 14.3. The predicted octanol–water partition coefficient (Wildman–Crippen LogP) is 2.16. The van der Waals surface area contributed by atoms with Gasteiger partial charge in [-0.1, -0.05) is 0 Å². The summed E-state index contributed by atoms with van der Waals surface area (Å²) in [6, 6.07) is 4.17. The Labute approximate surface area is 125 Å². The van der Waals surface area contributed by atoms with Crippen molar-refractivity contribution in [1.29, 1.82) is 0 Å². The van der Waals surface area contributed by atoms with Crippen molar-refractivity contribution in [3.63, 3.8) is 0 Å². The molecule has 1 unspecified atom stereocenters. The largest absolute Gasteiger partial charge is 0.476 e. The minimum atomic E-state index is 0.558. The average molecular weight is 284 g/mol. The van der Waals surface area contributed by atoms with Crippen LogP contribution in [0.2, 0.25) is 0 Å². The highest BCUT2D eigenvalue weighted by Gasteiger charge is 2.20. The van der Waals surface area contributed by atoms with Crippen LogP contribution < -0.4 is 4.74 Å². The molecule has 5 heteroatoms. The lowest BCUT2D eigenvalue weighted by Crippen LogP contribution is -2.37. The van der Waals surface area contributed by atoms with E-state index in [1.807, 2.05) is 12.4 Å². The third-order valence-electron chi connectivity index (χ3n) is 3.77. The Morgan fingerprint density at radius 3 is 2.86 bits per heavy atom. The summed E-state index contributed by atoms with van der Waals surface area (Å²) < 4.78 is 5.73. The van der Waals surface area contributed by atoms with Gasteiger partial charge in [-0.25, -0.2) is 4.98 Å². The van der Waals surface area contributed by atoms with E-state index in [-0.39, 0.29) is 0 Å². The Bertz CT molecular complexity index is 534. The molecule has 0 N–H and O–H groups in total. The molecule has 3 heterocycles. The van der Waals surface area contributed by atoms with Crippen LogP contribution in [0.3, 0.4) is 0 Å². The molecule has 0 aliphatic carbocycles. The molecule has 110 valence electrons. The highest BCUT2D eigenvalue weighted by atomic mass is 16.5. The summed E-state index contributed by atoms with van der Waals surface area (Å²) in [6.45, 7) is 3.93. The SMILES string of the molecule is c1cc(CN2CCCC(COc3cnccn3)C2)ccn1. The first-order valence-corrected chi connectivity index (χ1v) is 7.40. The molecule has 1 fully saturated rings. The molecule has 3 rings (SSSR count). The molecule has 1 aliphatic heterocycles. The van der Waals surface area contributed by atoms with E-state index in [0.29, 0.717) is 18.4 Å². The topological polar surface area (TPSA) is 51.1 Å². The van der Waals surface area contributed by atoms with Crippen LogP contribution in [0, 0.1) is 5.92 Å². The van der Waals surface area contributed by atoms with Gasteiger partial charge in [-0.3, -0.25) is 14.9 Å². The van der Waals surface area contributed by atoms with Gasteiger partial charge in [-0.15, -0.1) is 0 Å². The summed E-state index contributed by atoms with van der Waals surface area (Å²) in [6.07, 6.45) is 11.1. The van der Waals surface area contributed by atoms with E-state index in [1.54, 1.807) is 18.6 Å². The number of piperidine rings is 1. The van der Waals surface area contributed by atoms with Crippen molar-refractivity contribution in [2.75, 3.05) is 19.7 Å². The number of rotatable bonds is 5. The number of hydrogen-bond acceptors (Lipinski definition) is 5. The monoisotopic (exact) mass is 284 g/mol. The number of aromatic nitrogens is 3. The van der Waals surface area contributed by atoms with Gasteiger partial charge in [0.1, 0.15) is 0 Å². The molecule has 2 aromatic heterocycles. The summed E-state index contributed by atoms with van der Waals surface area (Å²) >= 11 is 0. The van der Waals surface area contributed by atoms with Crippen molar-refractivity contribution in [2.45, 2.75) is 19.4 Å². The summed E-state index contributed by atoms with van der Waals surface area (Å²) in [5.41, 5.74) is 1.32. The van der Waals surface area contributed by atoms with Crippen LogP contribution in [0.1, 0.15) is 18.4 Å². The van der Waals surface area contributed by atoms with E-state index >= 15 is 0 Å². The normalized spacial score (nSPS) is 19.3. The fourth-order valence-corrected chi connectivity index (χ4v) is 2.74. The lowest BCUT2D eigenvalue weighted by atomic mass is 9.98. The van der Waals surface area contributed by atoms with Gasteiger partial charge in [0.2, 0.25) is 5.88 Å². The molecule has 0 radical (unpaired) electrons. The van der Waals surface area contributed by atoms with Gasteiger partial charge in [0.25, 0.3) is 0 Å². The van der Waals surface area contributed by atoms with Gasteiger partial charge in [0.15, 0.2) is 0 Å². The second kappa shape index (κ2) is 7.13. The van der Waals surface area contributed by atoms with Crippen molar-refractivity contribution >= 4 is 0 Å². The first kappa shape index (κ1) is 13.9. The van der Waals surface area contributed by atoms with Crippen LogP contribution in [0.5, 0.6) is 5.88 Å². The molecule has 0 bridgehead atoms. The summed E-state index contributed by atoms with van der Waals surface area (Å²) in [5.74, 6) is 1.17. The number of nitrogens with zero attached hydrogens (tertiary/aromatic N) is 4. The van der Waals surface area contributed by atoms with Crippen molar-refractivity contribution in [1.82, 2.24) is 19.9 Å². The van der Waals surface area contributed by atoms with E-state index in [4.69, 9.17) is 4.74 Å². The maximum absolute atomic E-state index is 5.73. The van der Waals surface area contributed by atoms with Crippen LogP contribution >= 0.6 is 0 Å². The van der Waals surface area contributed by atoms with Gasteiger partial charge in [0.05, 0.1) is 12.8 Å². The van der Waals surface area contributed by atoms with Crippen molar-refractivity contribution in [2.24, 2.45) is 5.92 Å². The first-order chi connectivity index (χ1) is 10.4. The number of hydrogen-bond donors (Lipinski definition) is 0. The van der Waals surface area contributed by atoms with Gasteiger partial charge in [-0.2, -0.15) is 0 Å². The quantitative estimate of drug-likeness (QED) is 0.842. The van der Waals surface area contributed by atoms with Crippen molar-refractivity contribution in [3.05, 3.63) is 48.7 Å². The van der Waals surface area contributed by atoms with Crippen LogP contribution in [-0.2, 0) is 6.54 Å².